The summed E-state index contributed by atoms with van der Waals surface area (Å²) in [6.07, 6.45) is 1.21. The predicted molar refractivity (Wildman–Crippen MR) is 110 cm³/mol. The van der Waals surface area contributed by atoms with E-state index in [1.165, 1.54) is 7.05 Å². The Bertz CT molecular complexity index is 1170. The molecule has 0 fully saturated rings. The number of halogens is 1. The first-order valence-corrected chi connectivity index (χ1v) is 9.76. The molecule has 0 spiro atoms. The first-order chi connectivity index (χ1) is 14.3. The summed E-state index contributed by atoms with van der Waals surface area (Å²) in [7, 11) is 1.34. The molecule has 2 heterocycles. The Morgan fingerprint density at radius 3 is 2.63 bits per heavy atom. The topological polar surface area (TPSA) is 125 Å². The van der Waals surface area contributed by atoms with Crippen molar-refractivity contribution in [2.75, 3.05) is 0 Å². The van der Waals surface area contributed by atoms with Gasteiger partial charge in [-0.3, -0.25) is 14.2 Å². The lowest BCUT2D eigenvalue weighted by Gasteiger charge is -2.10. The molecule has 0 bridgehead atoms. The van der Waals surface area contributed by atoms with Crippen LogP contribution in [0, 0.1) is 0 Å². The third-order valence-corrected chi connectivity index (χ3v) is 4.76. The fourth-order valence-electron chi connectivity index (χ4n) is 2.59. The molecule has 0 aliphatic rings. The van der Waals surface area contributed by atoms with E-state index in [1.807, 2.05) is 13.8 Å². The molecule has 3 aromatic rings. The van der Waals surface area contributed by atoms with Crippen LogP contribution in [-0.2, 0) is 18.3 Å². The van der Waals surface area contributed by atoms with Crippen molar-refractivity contribution in [2.24, 2.45) is 7.05 Å². The monoisotopic (exact) mass is 432 g/mol. The van der Waals surface area contributed by atoms with Crippen molar-refractivity contribution >= 4 is 17.5 Å². The number of nitrogens with zero attached hydrogens (tertiary/aromatic N) is 5. The Kier molecular flexibility index (Phi) is 6.46. The van der Waals surface area contributed by atoms with Gasteiger partial charge in [0.05, 0.1) is 5.69 Å². The number of benzene rings is 1. The van der Waals surface area contributed by atoms with Gasteiger partial charge >= 0.3 is 5.69 Å². The number of carbonyl (C=O) groups excluding carboxylic acids is 1. The van der Waals surface area contributed by atoms with Crippen LogP contribution in [0.5, 0.6) is 0 Å². The van der Waals surface area contributed by atoms with E-state index in [-0.39, 0.29) is 42.2 Å². The van der Waals surface area contributed by atoms with Gasteiger partial charge in [0.15, 0.2) is 5.69 Å². The van der Waals surface area contributed by atoms with E-state index in [1.54, 1.807) is 24.3 Å². The molecule has 0 aliphatic carbocycles. The lowest BCUT2D eigenvalue weighted by molar-refractivity contribution is -0.121. The molecule has 30 heavy (non-hydrogen) atoms. The van der Waals surface area contributed by atoms with E-state index in [0.29, 0.717) is 10.7 Å². The van der Waals surface area contributed by atoms with E-state index in [0.717, 1.165) is 15.7 Å². The highest BCUT2D eigenvalue weighted by atomic mass is 35.5. The number of rotatable bonds is 7. The van der Waals surface area contributed by atoms with E-state index in [4.69, 9.17) is 16.1 Å². The highest BCUT2D eigenvalue weighted by Gasteiger charge is 2.19. The number of hydrogen-bond donors (Lipinski definition) is 1. The Morgan fingerprint density at radius 2 is 1.97 bits per heavy atom. The van der Waals surface area contributed by atoms with Crippen molar-refractivity contribution in [3.63, 3.8) is 0 Å². The Labute approximate surface area is 176 Å². The minimum absolute atomic E-state index is 0.0596. The molecule has 1 N–H and O–H groups in total. The Balaban J connectivity index is 1.88. The molecule has 0 radical (unpaired) electrons. The predicted octanol–water partition coefficient (Wildman–Crippen LogP) is 1.48. The van der Waals surface area contributed by atoms with Crippen molar-refractivity contribution in [3.8, 4) is 17.2 Å². The second kappa shape index (κ2) is 9.04. The van der Waals surface area contributed by atoms with Crippen molar-refractivity contribution in [1.29, 1.82) is 0 Å². The summed E-state index contributed by atoms with van der Waals surface area (Å²) in [5, 5.41) is 11.3. The molecular formula is C19H21ClN6O4. The first-order valence-electron chi connectivity index (χ1n) is 9.38. The summed E-state index contributed by atoms with van der Waals surface area (Å²) >= 11 is 5.89. The molecular weight excluding hydrogens is 412 g/mol. The van der Waals surface area contributed by atoms with Gasteiger partial charge in [0, 0.05) is 31.0 Å². The number of nitrogens with one attached hydrogen (secondary N) is 1. The van der Waals surface area contributed by atoms with Gasteiger partial charge in [-0.05, 0) is 37.6 Å². The molecule has 158 valence electrons. The van der Waals surface area contributed by atoms with Gasteiger partial charge in [0.25, 0.3) is 5.56 Å². The minimum atomic E-state index is -0.660. The smallest absolute Gasteiger partial charge is 0.351 e. The van der Waals surface area contributed by atoms with Gasteiger partial charge in [-0.15, -0.1) is 0 Å². The van der Waals surface area contributed by atoms with Crippen LogP contribution in [0.4, 0.5) is 0 Å². The van der Waals surface area contributed by atoms with Gasteiger partial charge in [-0.1, -0.05) is 23.7 Å². The summed E-state index contributed by atoms with van der Waals surface area (Å²) in [5.74, 6) is 0.00229. The second-order valence-electron chi connectivity index (χ2n) is 6.77. The normalized spacial score (nSPS) is 12.0. The van der Waals surface area contributed by atoms with E-state index in [9.17, 15) is 14.4 Å². The summed E-state index contributed by atoms with van der Waals surface area (Å²) < 4.78 is 7.12. The van der Waals surface area contributed by atoms with Gasteiger partial charge in [-0.25, -0.2) is 4.79 Å². The third kappa shape index (κ3) is 4.65. The summed E-state index contributed by atoms with van der Waals surface area (Å²) in [6.45, 7) is 3.89. The van der Waals surface area contributed by atoms with E-state index < -0.39 is 11.2 Å². The van der Waals surface area contributed by atoms with Crippen LogP contribution in [0.15, 0.2) is 38.4 Å². The summed E-state index contributed by atoms with van der Waals surface area (Å²) in [5.41, 5.74) is -1.01. The molecule has 1 aromatic carbocycles. The third-order valence-electron chi connectivity index (χ3n) is 4.51. The highest BCUT2D eigenvalue weighted by Crippen LogP contribution is 2.13. The number of amides is 1. The number of aryl methyl sites for hydroxylation is 1. The largest absolute Gasteiger partial charge is 0.354 e. The second-order valence-corrected chi connectivity index (χ2v) is 7.21. The summed E-state index contributed by atoms with van der Waals surface area (Å²) in [6, 6.07) is 6.49. The van der Waals surface area contributed by atoms with Crippen LogP contribution in [0.2, 0.25) is 5.02 Å². The zero-order valence-corrected chi connectivity index (χ0v) is 17.5. The van der Waals surface area contributed by atoms with Crippen molar-refractivity contribution in [1.82, 2.24) is 29.8 Å². The average Bonchev–Trinajstić information content (AvgIpc) is 3.20. The minimum Gasteiger partial charge on any atom is -0.354 e. The SMILES string of the molecule is CC[C@@H](C)NC(=O)CCc1nc(-c2nn(-c3ccc(Cl)cc3)c(=O)n(C)c2=O)no1. The van der Waals surface area contributed by atoms with Gasteiger partial charge in [0.2, 0.25) is 17.6 Å². The highest BCUT2D eigenvalue weighted by molar-refractivity contribution is 6.30. The van der Waals surface area contributed by atoms with Crippen LogP contribution in [0.3, 0.4) is 0 Å². The maximum absolute atomic E-state index is 12.5. The van der Waals surface area contributed by atoms with Gasteiger partial charge in [0.1, 0.15) is 0 Å². The molecule has 0 saturated heterocycles. The van der Waals surface area contributed by atoms with E-state index >= 15 is 0 Å². The summed E-state index contributed by atoms with van der Waals surface area (Å²) in [4.78, 5) is 41.1. The van der Waals surface area contributed by atoms with Crippen molar-refractivity contribution in [3.05, 3.63) is 56.0 Å². The lowest BCUT2D eigenvalue weighted by Crippen LogP contribution is -2.40. The molecule has 10 nitrogen and oxygen atoms in total. The van der Waals surface area contributed by atoms with Crippen LogP contribution >= 0.6 is 11.6 Å². The molecule has 1 atom stereocenters. The van der Waals surface area contributed by atoms with Gasteiger partial charge in [-0.2, -0.15) is 14.8 Å². The molecule has 1 amide bonds. The van der Waals surface area contributed by atoms with Crippen molar-refractivity contribution in [2.45, 2.75) is 39.2 Å². The number of carbonyl (C=O) groups is 1. The lowest BCUT2D eigenvalue weighted by atomic mass is 10.2. The number of aromatic nitrogens is 5. The average molecular weight is 433 g/mol. The maximum Gasteiger partial charge on any atom is 0.351 e. The molecule has 0 saturated carbocycles. The molecule has 0 aliphatic heterocycles. The molecule has 2 aromatic heterocycles. The molecule has 3 rings (SSSR count). The van der Waals surface area contributed by atoms with Crippen molar-refractivity contribution < 1.29 is 9.32 Å². The molecule has 0 unspecified atom stereocenters. The fourth-order valence-corrected chi connectivity index (χ4v) is 2.71. The standard InChI is InChI=1S/C19H21ClN6O4/c1-4-11(2)21-14(27)9-10-15-22-17(24-30-15)16-18(28)25(3)19(29)26(23-16)13-7-5-12(20)6-8-13/h5-8,11H,4,9-10H2,1-3H3,(H,21,27)/t11-/m1/s1. The van der Waals surface area contributed by atoms with Crippen LogP contribution in [0.25, 0.3) is 17.2 Å². The first kappa shape index (κ1) is 21.4. The fraction of sp³-hybridized carbons (Fsp3) is 0.368. The Hall–Kier alpha value is -3.27. The molecule has 11 heteroatoms. The maximum atomic E-state index is 12.5. The zero-order chi connectivity index (χ0) is 21.8. The zero-order valence-electron chi connectivity index (χ0n) is 16.8. The Morgan fingerprint density at radius 1 is 1.27 bits per heavy atom. The quantitative estimate of drug-likeness (QED) is 0.599. The van der Waals surface area contributed by atoms with Crippen LogP contribution < -0.4 is 16.6 Å². The van der Waals surface area contributed by atoms with E-state index in [2.05, 4.69) is 20.6 Å². The van der Waals surface area contributed by atoms with Crippen LogP contribution in [-0.4, -0.2) is 36.4 Å². The van der Waals surface area contributed by atoms with Crippen LogP contribution in [0.1, 0.15) is 32.6 Å². The van der Waals surface area contributed by atoms with Gasteiger partial charge < -0.3 is 9.84 Å². The number of hydrogen-bond acceptors (Lipinski definition) is 7.